The third-order valence-corrected chi connectivity index (χ3v) is 2.56. The van der Waals surface area contributed by atoms with Crippen molar-refractivity contribution in [2.24, 2.45) is 0 Å². The molecule has 0 saturated carbocycles. The van der Waals surface area contributed by atoms with E-state index >= 15 is 0 Å². The largest absolute Gasteiger partial charge is 0.480 e. The van der Waals surface area contributed by atoms with Crippen LogP contribution in [0.15, 0.2) is 0 Å². The van der Waals surface area contributed by atoms with Crippen molar-refractivity contribution in [2.45, 2.75) is 45.4 Å². The molecule has 1 N–H and O–H groups in total. The van der Waals surface area contributed by atoms with Crippen LogP contribution in [0.1, 0.15) is 27.2 Å². The molecule has 4 nitrogen and oxygen atoms in total. The van der Waals surface area contributed by atoms with Crippen LogP contribution < -0.4 is 0 Å². The van der Waals surface area contributed by atoms with Gasteiger partial charge in [0.1, 0.15) is 6.04 Å². The minimum absolute atomic E-state index is 0.132. The minimum Gasteiger partial charge on any atom is -0.480 e. The third-order valence-electron chi connectivity index (χ3n) is 2.56. The fourth-order valence-corrected chi connectivity index (χ4v) is 2.06. The van der Waals surface area contributed by atoms with Crippen LogP contribution >= 0.6 is 0 Å². The average molecular weight is 201 g/mol. The molecule has 14 heavy (non-hydrogen) atoms. The molecule has 1 rings (SSSR count). The molecule has 1 aliphatic heterocycles. The van der Waals surface area contributed by atoms with Crippen LogP contribution in [0, 0.1) is 0 Å². The van der Waals surface area contributed by atoms with Crippen LogP contribution in [0.4, 0.5) is 0 Å². The van der Waals surface area contributed by atoms with Gasteiger partial charge >= 0.3 is 5.97 Å². The van der Waals surface area contributed by atoms with Gasteiger partial charge in [-0.05, 0) is 20.3 Å². The lowest BCUT2D eigenvalue weighted by Crippen LogP contribution is -2.52. The van der Waals surface area contributed by atoms with Gasteiger partial charge in [0.05, 0.1) is 12.2 Å². The minimum atomic E-state index is -0.728. The highest BCUT2D eigenvalue weighted by Gasteiger charge is 2.30. The summed E-state index contributed by atoms with van der Waals surface area (Å²) in [6.07, 6.45) is 0.911. The average Bonchev–Trinajstić information content (AvgIpc) is 2.02. The highest BCUT2D eigenvalue weighted by atomic mass is 16.5. The molecule has 3 atom stereocenters. The van der Waals surface area contributed by atoms with Crippen LogP contribution in [0.25, 0.3) is 0 Å². The zero-order chi connectivity index (χ0) is 10.7. The predicted octanol–water partition coefficient (Wildman–Crippen LogP) is 0.959. The summed E-state index contributed by atoms with van der Waals surface area (Å²) in [4.78, 5) is 13.0. The van der Waals surface area contributed by atoms with Gasteiger partial charge in [-0.25, -0.2) is 0 Å². The van der Waals surface area contributed by atoms with Crippen molar-refractivity contribution < 1.29 is 14.6 Å². The molecule has 0 aliphatic carbocycles. The van der Waals surface area contributed by atoms with Crippen molar-refractivity contribution in [3.63, 3.8) is 0 Å². The van der Waals surface area contributed by atoms with E-state index in [1.54, 1.807) is 0 Å². The van der Waals surface area contributed by atoms with E-state index < -0.39 is 5.97 Å². The topological polar surface area (TPSA) is 49.8 Å². The lowest BCUT2D eigenvalue weighted by Gasteiger charge is -2.38. The molecule has 0 aromatic carbocycles. The van der Waals surface area contributed by atoms with Crippen molar-refractivity contribution in [3.05, 3.63) is 0 Å². The zero-order valence-corrected chi connectivity index (χ0v) is 9.06. The van der Waals surface area contributed by atoms with Crippen molar-refractivity contribution in [1.29, 1.82) is 0 Å². The summed E-state index contributed by atoms with van der Waals surface area (Å²) in [5.41, 5.74) is 0. The number of aliphatic carboxylic acids is 1. The maximum absolute atomic E-state index is 11.0. The van der Waals surface area contributed by atoms with E-state index in [0.717, 1.165) is 13.1 Å². The molecule has 0 unspecified atom stereocenters. The van der Waals surface area contributed by atoms with Crippen LogP contribution in [0.3, 0.4) is 0 Å². The number of carbonyl (C=O) groups is 1. The number of hydrogen-bond donors (Lipinski definition) is 1. The Labute approximate surface area is 84.8 Å². The number of morpholine rings is 1. The van der Waals surface area contributed by atoms with Crippen LogP contribution in [0.5, 0.6) is 0 Å². The normalized spacial score (nSPS) is 31.4. The summed E-state index contributed by atoms with van der Waals surface area (Å²) in [5.74, 6) is -0.728. The van der Waals surface area contributed by atoms with Gasteiger partial charge in [0.15, 0.2) is 0 Å². The molecule has 0 aromatic heterocycles. The second-order valence-electron chi connectivity index (χ2n) is 3.97. The molecule has 0 radical (unpaired) electrons. The maximum atomic E-state index is 11.0. The lowest BCUT2D eigenvalue weighted by molar-refractivity contribution is -0.149. The molecule has 0 aromatic rings. The van der Waals surface area contributed by atoms with E-state index in [-0.39, 0.29) is 18.2 Å². The number of hydrogen-bond acceptors (Lipinski definition) is 3. The number of ether oxygens (including phenoxy) is 1. The molecule has 1 heterocycles. The summed E-state index contributed by atoms with van der Waals surface area (Å²) in [6, 6.07) is -0.358. The molecule has 0 bridgehead atoms. The van der Waals surface area contributed by atoms with Crippen molar-refractivity contribution in [1.82, 2.24) is 4.90 Å². The summed E-state index contributed by atoms with van der Waals surface area (Å²) < 4.78 is 5.56. The Kier molecular flexibility index (Phi) is 3.89. The molecule has 1 fully saturated rings. The first-order valence-electron chi connectivity index (χ1n) is 5.17. The van der Waals surface area contributed by atoms with Crippen LogP contribution in [-0.2, 0) is 9.53 Å². The maximum Gasteiger partial charge on any atom is 0.320 e. The monoisotopic (exact) mass is 201 g/mol. The Morgan fingerprint density at radius 1 is 1.50 bits per heavy atom. The summed E-state index contributed by atoms with van der Waals surface area (Å²) in [5, 5.41) is 9.02. The van der Waals surface area contributed by atoms with Gasteiger partial charge in [0.2, 0.25) is 0 Å². The van der Waals surface area contributed by atoms with Gasteiger partial charge in [-0.15, -0.1) is 0 Å². The first-order chi connectivity index (χ1) is 6.54. The van der Waals surface area contributed by atoms with Crippen molar-refractivity contribution >= 4 is 5.97 Å². The smallest absolute Gasteiger partial charge is 0.320 e. The highest BCUT2D eigenvalue weighted by molar-refractivity contribution is 5.73. The molecule has 1 aliphatic rings. The Balaban J connectivity index is 2.61. The van der Waals surface area contributed by atoms with Gasteiger partial charge in [-0.3, -0.25) is 9.69 Å². The number of nitrogens with zero attached hydrogens (tertiary/aromatic N) is 1. The molecule has 82 valence electrons. The Hall–Kier alpha value is -0.610. The molecule has 0 amide bonds. The second-order valence-corrected chi connectivity index (χ2v) is 3.97. The van der Waals surface area contributed by atoms with Gasteiger partial charge in [0.25, 0.3) is 0 Å². The van der Waals surface area contributed by atoms with Crippen LogP contribution in [0.2, 0.25) is 0 Å². The van der Waals surface area contributed by atoms with Crippen molar-refractivity contribution in [3.8, 4) is 0 Å². The SMILES string of the molecule is CC[C@H](C(=O)O)N1C[C@H](C)O[C@@H](C)C1. The highest BCUT2D eigenvalue weighted by Crippen LogP contribution is 2.15. The van der Waals surface area contributed by atoms with Gasteiger partial charge < -0.3 is 9.84 Å². The van der Waals surface area contributed by atoms with E-state index in [1.807, 2.05) is 25.7 Å². The second kappa shape index (κ2) is 4.75. The third kappa shape index (κ3) is 2.69. The summed E-state index contributed by atoms with van der Waals surface area (Å²) in [7, 11) is 0. The molecule has 0 spiro atoms. The van der Waals surface area contributed by atoms with Gasteiger partial charge in [0, 0.05) is 13.1 Å². The lowest BCUT2D eigenvalue weighted by atomic mass is 10.1. The predicted molar refractivity (Wildman–Crippen MR) is 53.3 cm³/mol. The first kappa shape index (κ1) is 11.5. The molecule has 4 heteroatoms. The Bertz CT molecular complexity index is 198. The van der Waals surface area contributed by atoms with Crippen molar-refractivity contribution in [2.75, 3.05) is 13.1 Å². The quantitative estimate of drug-likeness (QED) is 0.739. The van der Waals surface area contributed by atoms with E-state index in [4.69, 9.17) is 9.84 Å². The Morgan fingerprint density at radius 3 is 2.36 bits per heavy atom. The fraction of sp³-hybridized carbons (Fsp3) is 0.900. The van der Waals surface area contributed by atoms with E-state index in [0.29, 0.717) is 6.42 Å². The van der Waals surface area contributed by atoms with Gasteiger partial charge in [-0.2, -0.15) is 0 Å². The number of carboxylic acid groups (broad SMARTS) is 1. The standard InChI is InChI=1S/C10H19NO3/c1-4-9(10(12)13)11-5-7(2)14-8(3)6-11/h7-9H,4-6H2,1-3H3,(H,12,13)/t7-,8-,9+/m0/s1. The molecular weight excluding hydrogens is 182 g/mol. The summed E-state index contributed by atoms with van der Waals surface area (Å²) >= 11 is 0. The number of carboxylic acids is 1. The number of rotatable bonds is 3. The van der Waals surface area contributed by atoms with Gasteiger partial charge in [-0.1, -0.05) is 6.92 Å². The molecule has 1 saturated heterocycles. The fourth-order valence-electron chi connectivity index (χ4n) is 2.06. The van der Waals surface area contributed by atoms with E-state index in [1.165, 1.54) is 0 Å². The molecular formula is C10H19NO3. The zero-order valence-electron chi connectivity index (χ0n) is 9.06. The van der Waals surface area contributed by atoms with E-state index in [2.05, 4.69) is 0 Å². The summed E-state index contributed by atoms with van der Waals surface area (Å²) in [6.45, 7) is 7.31. The van der Waals surface area contributed by atoms with Crippen LogP contribution in [-0.4, -0.2) is 47.3 Å². The Morgan fingerprint density at radius 2 is 2.00 bits per heavy atom. The van der Waals surface area contributed by atoms with E-state index in [9.17, 15) is 4.79 Å². The first-order valence-corrected chi connectivity index (χ1v) is 5.17.